The smallest absolute Gasteiger partial charge is 0.313 e. The SMILES string of the molecule is O=C(CC/C(=C1\CCCC1C(=O)OCc1ccccc1)c1ccccc1)OCc1ccccc1. The van der Waals surface area contributed by atoms with Crippen LogP contribution in [0.2, 0.25) is 0 Å². The number of carbonyl (C=O) groups is 2. The molecule has 0 saturated heterocycles. The molecule has 0 bridgehead atoms. The molecule has 4 heteroatoms. The standard InChI is InChI=1S/C30H30O4/c31-29(33-21-23-11-4-1-5-12-23)20-19-26(25-15-8-3-9-16-25)27-17-10-18-28(27)30(32)34-22-24-13-6-2-7-14-24/h1-9,11-16,28H,10,17-22H2/b27-26-. The Labute approximate surface area is 201 Å². The van der Waals surface area contributed by atoms with Crippen molar-refractivity contribution in [1.29, 1.82) is 0 Å². The maximum atomic E-state index is 13.0. The minimum atomic E-state index is -0.265. The molecule has 4 nitrogen and oxygen atoms in total. The molecular weight excluding hydrogens is 424 g/mol. The van der Waals surface area contributed by atoms with Gasteiger partial charge in [-0.05, 0) is 47.9 Å². The van der Waals surface area contributed by atoms with Crippen molar-refractivity contribution < 1.29 is 19.1 Å². The zero-order valence-electron chi connectivity index (χ0n) is 19.3. The van der Waals surface area contributed by atoms with E-state index in [0.29, 0.717) is 6.42 Å². The van der Waals surface area contributed by atoms with Gasteiger partial charge >= 0.3 is 11.9 Å². The Balaban J connectivity index is 1.45. The average molecular weight is 455 g/mol. The lowest BCUT2D eigenvalue weighted by atomic mass is 9.90. The maximum absolute atomic E-state index is 13.0. The maximum Gasteiger partial charge on any atom is 0.313 e. The molecule has 1 unspecified atom stereocenters. The molecule has 4 rings (SSSR count). The van der Waals surface area contributed by atoms with E-state index in [1.54, 1.807) is 0 Å². The number of hydrogen-bond donors (Lipinski definition) is 0. The summed E-state index contributed by atoms with van der Waals surface area (Å²) in [7, 11) is 0. The van der Waals surface area contributed by atoms with Gasteiger partial charge in [0.1, 0.15) is 13.2 Å². The lowest BCUT2D eigenvalue weighted by Crippen LogP contribution is -2.17. The van der Waals surface area contributed by atoms with Gasteiger partial charge in [-0.15, -0.1) is 0 Å². The van der Waals surface area contributed by atoms with Crippen molar-refractivity contribution in [3.05, 3.63) is 113 Å². The number of benzene rings is 3. The van der Waals surface area contributed by atoms with E-state index in [4.69, 9.17) is 9.47 Å². The van der Waals surface area contributed by atoms with Gasteiger partial charge in [0, 0.05) is 6.42 Å². The first-order valence-electron chi connectivity index (χ1n) is 11.9. The minimum absolute atomic E-state index is 0.184. The molecule has 0 aromatic heterocycles. The third-order valence-electron chi connectivity index (χ3n) is 6.20. The van der Waals surface area contributed by atoms with Crippen molar-refractivity contribution in [2.45, 2.75) is 45.3 Å². The van der Waals surface area contributed by atoms with E-state index in [2.05, 4.69) is 0 Å². The molecule has 3 aromatic carbocycles. The van der Waals surface area contributed by atoms with Crippen LogP contribution in [-0.4, -0.2) is 11.9 Å². The van der Waals surface area contributed by atoms with Gasteiger partial charge in [0.05, 0.1) is 5.92 Å². The Morgan fingerprint density at radius 3 is 1.88 bits per heavy atom. The monoisotopic (exact) mass is 454 g/mol. The minimum Gasteiger partial charge on any atom is -0.461 e. The summed E-state index contributed by atoms with van der Waals surface area (Å²) in [6.45, 7) is 0.543. The Hall–Kier alpha value is -3.66. The van der Waals surface area contributed by atoms with Gasteiger partial charge in [-0.2, -0.15) is 0 Å². The molecule has 1 fully saturated rings. The highest BCUT2D eigenvalue weighted by Gasteiger charge is 2.32. The summed E-state index contributed by atoms with van der Waals surface area (Å²) >= 11 is 0. The average Bonchev–Trinajstić information content (AvgIpc) is 3.38. The molecular formula is C30H30O4. The van der Waals surface area contributed by atoms with Gasteiger partial charge in [-0.25, -0.2) is 0 Å². The zero-order chi connectivity index (χ0) is 23.6. The fraction of sp³-hybridized carbons (Fsp3) is 0.267. The predicted octanol–water partition coefficient (Wildman–Crippen LogP) is 6.51. The zero-order valence-corrected chi connectivity index (χ0v) is 19.3. The summed E-state index contributed by atoms with van der Waals surface area (Å²) in [5.41, 5.74) is 5.16. The lowest BCUT2D eigenvalue weighted by Gasteiger charge is -2.18. The van der Waals surface area contributed by atoms with Crippen molar-refractivity contribution in [2.24, 2.45) is 5.92 Å². The Kier molecular flexibility index (Phi) is 8.28. The van der Waals surface area contributed by atoms with Crippen molar-refractivity contribution in [3.63, 3.8) is 0 Å². The molecule has 0 N–H and O–H groups in total. The summed E-state index contributed by atoms with van der Waals surface area (Å²) in [6.07, 6.45) is 3.36. The molecule has 0 aliphatic heterocycles. The molecule has 34 heavy (non-hydrogen) atoms. The van der Waals surface area contributed by atoms with Crippen LogP contribution in [0, 0.1) is 5.92 Å². The second-order valence-corrected chi connectivity index (χ2v) is 8.55. The predicted molar refractivity (Wildman–Crippen MR) is 132 cm³/mol. The topological polar surface area (TPSA) is 52.6 Å². The molecule has 0 radical (unpaired) electrons. The molecule has 1 saturated carbocycles. The Morgan fingerprint density at radius 1 is 0.706 bits per heavy atom. The number of rotatable bonds is 9. The number of carbonyl (C=O) groups excluding carboxylic acids is 2. The highest BCUT2D eigenvalue weighted by molar-refractivity contribution is 5.83. The molecule has 0 heterocycles. The third kappa shape index (κ3) is 6.44. The van der Waals surface area contributed by atoms with Crippen LogP contribution in [0.4, 0.5) is 0 Å². The van der Waals surface area contributed by atoms with Crippen LogP contribution in [0.3, 0.4) is 0 Å². The highest BCUT2D eigenvalue weighted by atomic mass is 16.5. The van der Waals surface area contributed by atoms with Crippen LogP contribution in [0.15, 0.2) is 96.6 Å². The van der Waals surface area contributed by atoms with Gasteiger partial charge in [0.15, 0.2) is 0 Å². The van der Waals surface area contributed by atoms with Crippen LogP contribution in [0.1, 0.15) is 48.8 Å². The van der Waals surface area contributed by atoms with E-state index < -0.39 is 0 Å². The molecule has 3 aromatic rings. The van der Waals surface area contributed by atoms with Gasteiger partial charge in [0.25, 0.3) is 0 Å². The molecule has 1 aliphatic rings. The van der Waals surface area contributed by atoms with Crippen LogP contribution < -0.4 is 0 Å². The van der Waals surface area contributed by atoms with Crippen LogP contribution >= 0.6 is 0 Å². The fourth-order valence-electron chi connectivity index (χ4n) is 4.46. The van der Waals surface area contributed by atoms with E-state index >= 15 is 0 Å². The van der Waals surface area contributed by atoms with Gasteiger partial charge in [-0.1, -0.05) is 96.6 Å². The fourth-order valence-corrected chi connectivity index (χ4v) is 4.46. The summed E-state index contributed by atoms with van der Waals surface area (Å²) in [6, 6.07) is 29.4. The molecule has 0 amide bonds. The van der Waals surface area contributed by atoms with E-state index in [-0.39, 0.29) is 37.5 Å². The van der Waals surface area contributed by atoms with E-state index in [1.807, 2.05) is 91.0 Å². The summed E-state index contributed by atoms with van der Waals surface area (Å²) in [5, 5.41) is 0. The normalized spacial score (nSPS) is 16.6. The second-order valence-electron chi connectivity index (χ2n) is 8.55. The number of esters is 2. The molecule has 174 valence electrons. The summed E-state index contributed by atoms with van der Waals surface area (Å²) < 4.78 is 11.2. The van der Waals surface area contributed by atoms with E-state index in [0.717, 1.165) is 47.1 Å². The van der Waals surface area contributed by atoms with Crippen LogP contribution in [0.5, 0.6) is 0 Å². The quantitative estimate of drug-likeness (QED) is 0.346. The third-order valence-corrected chi connectivity index (χ3v) is 6.20. The largest absolute Gasteiger partial charge is 0.461 e. The first-order chi connectivity index (χ1) is 16.7. The molecule has 0 spiro atoms. The van der Waals surface area contributed by atoms with Crippen molar-refractivity contribution >= 4 is 17.5 Å². The Morgan fingerprint density at radius 2 is 1.26 bits per heavy atom. The summed E-state index contributed by atoms with van der Waals surface area (Å²) in [5.74, 6) is -0.685. The van der Waals surface area contributed by atoms with Crippen LogP contribution in [-0.2, 0) is 32.3 Å². The van der Waals surface area contributed by atoms with E-state index in [9.17, 15) is 9.59 Å². The van der Waals surface area contributed by atoms with Gasteiger partial charge in [0.2, 0.25) is 0 Å². The van der Waals surface area contributed by atoms with Crippen molar-refractivity contribution in [1.82, 2.24) is 0 Å². The highest BCUT2D eigenvalue weighted by Crippen LogP contribution is 2.39. The molecule has 1 atom stereocenters. The van der Waals surface area contributed by atoms with Crippen molar-refractivity contribution in [3.8, 4) is 0 Å². The van der Waals surface area contributed by atoms with E-state index in [1.165, 1.54) is 0 Å². The first kappa shape index (κ1) is 23.5. The number of allylic oxidation sites excluding steroid dienone is 1. The van der Waals surface area contributed by atoms with Crippen LogP contribution in [0.25, 0.3) is 5.57 Å². The molecule has 1 aliphatic carbocycles. The Bertz CT molecular complexity index is 1100. The van der Waals surface area contributed by atoms with Gasteiger partial charge < -0.3 is 9.47 Å². The number of hydrogen-bond acceptors (Lipinski definition) is 4. The second kappa shape index (κ2) is 12.0. The number of ether oxygens (including phenoxy) is 2. The first-order valence-corrected chi connectivity index (χ1v) is 11.9. The summed E-state index contributed by atoms with van der Waals surface area (Å²) in [4.78, 5) is 25.5. The van der Waals surface area contributed by atoms with Gasteiger partial charge in [-0.3, -0.25) is 9.59 Å². The van der Waals surface area contributed by atoms with Crippen molar-refractivity contribution in [2.75, 3.05) is 0 Å². The lowest BCUT2D eigenvalue weighted by molar-refractivity contribution is -0.148.